The first-order chi connectivity index (χ1) is 5.88. The van der Waals surface area contributed by atoms with E-state index in [1.165, 1.54) is 0 Å². The van der Waals surface area contributed by atoms with Gasteiger partial charge in [0.2, 0.25) is 0 Å². The standard InChI is InChI=1S/C10H15NO/c1-2-5-9(8-12)10-6-3-4-7-11-10/h3-4,6-7,9,12H,2,5,8H2,1H3. The predicted molar refractivity (Wildman–Crippen MR) is 49.0 cm³/mol. The maximum absolute atomic E-state index is 9.07. The summed E-state index contributed by atoms with van der Waals surface area (Å²) >= 11 is 0. The Bertz CT molecular complexity index is 210. The highest BCUT2D eigenvalue weighted by Crippen LogP contribution is 2.17. The largest absolute Gasteiger partial charge is 0.396 e. The molecule has 1 N–H and O–H groups in total. The molecule has 0 fully saturated rings. The normalized spacial score (nSPS) is 12.8. The fourth-order valence-electron chi connectivity index (χ4n) is 1.30. The molecule has 0 radical (unpaired) electrons. The number of nitrogens with zero attached hydrogens (tertiary/aromatic N) is 1. The second-order valence-electron chi connectivity index (χ2n) is 2.92. The first-order valence-electron chi connectivity index (χ1n) is 4.40. The summed E-state index contributed by atoms with van der Waals surface area (Å²) in [5.41, 5.74) is 1.00. The van der Waals surface area contributed by atoms with E-state index in [9.17, 15) is 0 Å². The van der Waals surface area contributed by atoms with Crippen LogP contribution in [0.4, 0.5) is 0 Å². The van der Waals surface area contributed by atoms with Crippen molar-refractivity contribution in [3.05, 3.63) is 30.1 Å². The van der Waals surface area contributed by atoms with Crippen molar-refractivity contribution in [3.8, 4) is 0 Å². The Morgan fingerprint density at radius 3 is 2.83 bits per heavy atom. The Labute approximate surface area is 73.3 Å². The maximum Gasteiger partial charge on any atom is 0.0514 e. The molecule has 1 heterocycles. The molecule has 12 heavy (non-hydrogen) atoms. The zero-order valence-corrected chi connectivity index (χ0v) is 7.40. The predicted octanol–water partition coefficient (Wildman–Crippen LogP) is 1.96. The SMILES string of the molecule is CCCC(CO)c1ccccn1. The number of hydrogen-bond acceptors (Lipinski definition) is 2. The average molecular weight is 165 g/mol. The third-order valence-electron chi connectivity index (χ3n) is 1.96. The fourth-order valence-corrected chi connectivity index (χ4v) is 1.30. The van der Waals surface area contributed by atoms with E-state index >= 15 is 0 Å². The lowest BCUT2D eigenvalue weighted by Crippen LogP contribution is -2.05. The number of aromatic nitrogens is 1. The van der Waals surface area contributed by atoms with E-state index in [4.69, 9.17) is 5.11 Å². The number of rotatable bonds is 4. The molecule has 0 saturated carbocycles. The van der Waals surface area contributed by atoms with Crippen molar-refractivity contribution >= 4 is 0 Å². The number of pyridine rings is 1. The third kappa shape index (κ3) is 2.31. The average Bonchev–Trinajstić information content (AvgIpc) is 2.15. The van der Waals surface area contributed by atoms with Crippen LogP contribution in [-0.2, 0) is 0 Å². The fraction of sp³-hybridized carbons (Fsp3) is 0.500. The van der Waals surface area contributed by atoms with Crippen molar-refractivity contribution in [2.45, 2.75) is 25.7 Å². The van der Waals surface area contributed by atoms with Gasteiger partial charge in [-0.05, 0) is 18.6 Å². The highest BCUT2D eigenvalue weighted by Gasteiger charge is 2.08. The van der Waals surface area contributed by atoms with Crippen molar-refractivity contribution in [1.82, 2.24) is 4.98 Å². The van der Waals surface area contributed by atoms with Gasteiger partial charge in [-0.1, -0.05) is 19.4 Å². The van der Waals surface area contributed by atoms with E-state index in [1.54, 1.807) is 6.20 Å². The molecule has 0 aliphatic rings. The Hall–Kier alpha value is -0.890. The van der Waals surface area contributed by atoms with E-state index in [2.05, 4.69) is 11.9 Å². The summed E-state index contributed by atoms with van der Waals surface area (Å²) in [6, 6.07) is 5.82. The van der Waals surface area contributed by atoms with Crippen LogP contribution < -0.4 is 0 Å². The molecule has 2 heteroatoms. The minimum atomic E-state index is 0.199. The van der Waals surface area contributed by atoms with Crippen molar-refractivity contribution < 1.29 is 5.11 Å². The van der Waals surface area contributed by atoms with E-state index in [1.807, 2.05) is 18.2 Å². The minimum Gasteiger partial charge on any atom is -0.396 e. The number of hydrogen-bond donors (Lipinski definition) is 1. The Balaban J connectivity index is 2.66. The van der Waals surface area contributed by atoms with Crippen LogP contribution in [0.15, 0.2) is 24.4 Å². The molecule has 1 aromatic heterocycles. The van der Waals surface area contributed by atoms with E-state index in [0.29, 0.717) is 0 Å². The summed E-state index contributed by atoms with van der Waals surface area (Å²) in [5.74, 6) is 0.219. The van der Waals surface area contributed by atoms with Crippen LogP contribution in [0.25, 0.3) is 0 Å². The molecule has 0 amide bonds. The van der Waals surface area contributed by atoms with Gasteiger partial charge >= 0.3 is 0 Å². The van der Waals surface area contributed by atoms with Crippen LogP contribution >= 0.6 is 0 Å². The molecule has 0 aromatic carbocycles. The molecule has 66 valence electrons. The van der Waals surface area contributed by atoms with Gasteiger partial charge in [0, 0.05) is 17.8 Å². The van der Waals surface area contributed by atoms with Gasteiger partial charge in [0.25, 0.3) is 0 Å². The summed E-state index contributed by atoms with van der Waals surface area (Å²) in [5, 5.41) is 9.07. The molecular formula is C10H15NO. The van der Waals surface area contributed by atoms with E-state index < -0.39 is 0 Å². The Morgan fingerprint density at radius 1 is 1.50 bits per heavy atom. The monoisotopic (exact) mass is 165 g/mol. The van der Waals surface area contributed by atoms with Gasteiger partial charge in [-0.15, -0.1) is 0 Å². The van der Waals surface area contributed by atoms with Crippen LogP contribution in [-0.4, -0.2) is 16.7 Å². The van der Waals surface area contributed by atoms with E-state index in [0.717, 1.165) is 18.5 Å². The van der Waals surface area contributed by atoms with Crippen LogP contribution in [0.2, 0.25) is 0 Å². The van der Waals surface area contributed by atoms with Crippen molar-refractivity contribution in [2.75, 3.05) is 6.61 Å². The Kier molecular flexibility index (Phi) is 3.74. The van der Waals surface area contributed by atoms with Gasteiger partial charge in [0.15, 0.2) is 0 Å². The van der Waals surface area contributed by atoms with Crippen molar-refractivity contribution in [3.63, 3.8) is 0 Å². The number of aliphatic hydroxyl groups is 1. The molecule has 0 spiro atoms. The Morgan fingerprint density at radius 2 is 2.33 bits per heavy atom. The highest BCUT2D eigenvalue weighted by molar-refractivity contribution is 5.09. The van der Waals surface area contributed by atoms with Crippen LogP contribution in [0.1, 0.15) is 31.4 Å². The summed E-state index contributed by atoms with van der Waals surface area (Å²) in [6.07, 6.45) is 3.86. The molecule has 2 nitrogen and oxygen atoms in total. The summed E-state index contributed by atoms with van der Waals surface area (Å²) in [6.45, 7) is 2.32. The lowest BCUT2D eigenvalue weighted by atomic mass is 10.0. The van der Waals surface area contributed by atoms with Gasteiger partial charge in [0.1, 0.15) is 0 Å². The first kappa shape index (κ1) is 9.20. The second kappa shape index (κ2) is 4.88. The molecule has 0 bridgehead atoms. The van der Waals surface area contributed by atoms with Gasteiger partial charge in [0.05, 0.1) is 6.61 Å². The van der Waals surface area contributed by atoms with Crippen LogP contribution in [0, 0.1) is 0 Å². The quantitative estimate of drug-likeness (QED) is 0.739. The molecule has 0 aliphatic heterocycles. The lowest BCUT2D eigenvalue weighted by molar-refractivity contribution is 0.256. The lowest BCUT2D eigenvalue weighted by Gasteiger charge is -2.11. The zero-order chi connectivity index (χ0) is 8.81. The molecule has 1 aromatic rings. The van der Waals surface area contributed by atoms with Gasteiger partial charge in [-0.2, -0.15) is 0 Å². The third-order valence-corrected chi connectivity index (χ3v) is 1.96. The van der Waals surface area contributed by atoms with Crippen LogP contribution in [0.3, 0.4) is 0 Å². The first-order valence-corrected chi connectivity index (χ1v) is 4.40. The molecule has 1 unspecified atom stereocenters. The highest BCUT2D eigenvalue weighted by atomic mass is 16.3. The van der Waals surface area contributed by atoms with E-state index in [-0.39, 0.29) is 12.5 Å². The number of aliphatic hydroxyl groups excluding tert-OH is 1. The summed E-state index contributed by atoms with van der Waals surface area (Å²) in [4.78, 5) is 4.21. The van der Waals surface area contributed by atoms with Gasteiger partial charge < -0.3 is 5.11 Å². The molecular weight excluding hydrogens is 150 g/mol. The molecule has 0 saturated heterocycles. The zero-order valence-electron chi connectivity index (χ0n) is 7.40. The molecule has 1 atom stereocenters. The van der Waals surface area contributed by atoms with Crippen molar-refractivity contribution in [1.29, 1.82) is 0 Å². The van der Waals surface area contributed by atoms with Crippen molar-refractivity contribution in [2.24, 2.45) is 0 Å². The van der Waals surface area contributed by atoms with Crippen LogP contribution in [0.5, 0.6) is 0 Å². The summed E-state index contributed by atoms with van der Waals surface area (Å²) < 4.78 is 0. The molecule has 0 aliphatic carbocycles. The smallest absolute Gasteiger partial charge is 0.0514 e. The minimum absolute atomic E-state index is 0.199. The second-order valence-corrected chi connectivity index (χ2v) is 2.92. The van der Waals surface area contributed by atoms with Gasteiger partial charge in [-0.25, -0.2) is 0 Å². The summed E-state index contributed by atoms with van der Waals surface area (Å²) in [7, 11) is 0. The van der Waals surface area contributed by atoms with Gasteiger partial charge in [-0.3, -0.25) is 4.98 Å². The topological polar surface area (TPSA) is 33.1 Å². The molecule has 1 rings (SSSR count). The maximum atomic E-state index is 9.07.